The Morgan fingerprint density at radius 1 is 1.12 bits per heavy atom. The van der Waals surface area contributed by atoms with Gasteiger partial charge in [-0.3, -0.25) is 4.79 Å². The number of ether oxygens (including phenoxy) is 2. The van der Waals surface area contributed by atoms with Crippen LogP contribution in [0.15, 0.2) is 53.2 Å². The molecule has 0 atom stereocenters. The second kappa shape index (κ2) is 8.97. The van der Waals surface area contributed by atoms with Crippen molar-refractivity contribution in [3.63, 3.8) is 0 Å². The third-order valence-corrected chi connectivity index (χ3v) is 6.25. The van der Waals surface area contributed by atoms with Crippen molar-refractivity contribution in [2.24, 2.45) is 5.92 Å². The van der Waals surface area contributed by atoms with E-state index in [1.807, 2.05) is 42.5 Å². The van der Waals surface area contributed by atoms with Gasteiger partial charge in [0.2, 0.25) is 5.91 Å². The zero-order chi connectivity index (χ0) is 22.8. The third kappa shape index (κ3) is 4.04. The zero-order valence-corrected chi connectivity index (χ0v) is 18.7. The Bertz CT molecular complexity index is 1290. The number of anilines is 1. The maximum absolute atomic E-state index is 12.9. The van der Waals surface area contributed by atoms with Crippen molar-refractivity contribution in [2.45, 2.75) is 19.4 Å². The van der Waals surface area contributed by atoms with Gasteiger partial charge in [0.05, 0.1) is 14.2 Å². The summed E-state index contributed by atoms with van der Waals surface area (Å²) in [4.78, 5) is 24.0. The number of amides is 1. The lowest BCUT2D eigenvalue weighted by Crippen LogP contribution is -2.40. The predicted octanol–water partition coefficient (Wildman–Crippen LogP) is 3.93. The normalized spacial score (nSPS) is 14.5. The van der Waals surface area contributed by atoms with E-state index in [1.165, 1.54) is 0 Å². The minimum Gasteiger partial charge on any atom is -0.497 e. The van der Waals surface area contributed by atoms with E-state index in [9.17, 15) is 4.79 Å². The Kier molecular flexibility index (Phi) is 5.73. The molecule has 5 rings (SSSR count). The van der Waals surface area contributed by atoms with E-state index in [0.717, 1.165) is 65.3 Å². The number of para-hydroxylation sites is 1. The quantitative estimate of drug-likeness (QED) is 0.480. The number of hydrogen-bond donors (Lipinski definition) is 1. The van der Waals surface area contributed by atoms with Crippen LogP contribution in [0.5, 0.6) is 11.5 Å². The summed E-state index contributed by atoms with van der Waals surface area (Å²) in [6, 6.07) is 13.4. The predicted molar refractivity (Wildman–Crippen MR) is 126 cm³/mol. The summed E-state index contributed by atoms with van der Waals surface area (Å²) in [5.41, 5.74) is 3.21. The Labute approximate surface area is 191 Å². The first kappa shape index (κ1) is 21.1. The fourth-order valence-corrected chi connectivity index (χ4v) is 4.44. The highest BCUT2D eigenvalue weighted by Crippen LogP contribution is 2.33. The molecule has 0 spiro atoms. The number of hydrogen-bond acceptors (Lipinski definition) is 7. The number of aromatic nitrogens is 2. The van der Waals surface area contributed by atoms with Crippen molar-refractivity contribution >= 4 is 33.8 Å². The standard InChI is InChI=1S/C25H26N4O4/c1-31-18-7-8-20(32-2)17(13-18)14-26-25(30)16-9-11-29(12-10-16)24-23-22(27-15-28-24)19-5-3-4-6-21(19)33-23/h3-8,13,15-16H,9-12,14H2,1-2H3,(H,26,30). The van der Waals surface area contributed by atoms with Crippen LogP contribution < -0.4 is 19.7 Å². The minimum atomic E-state index is -0.0501. The molecule has 1 amide bonds. The molecule has 8 heteroatoms. The summed E-state index contributed by atoms with van der Waals surface area (Å²) in [5.74, 6) is 2.25. The van der Waals surface area contributed by atoms with Gasteiger partial charge in [0.25, 0.3) is 0 Å². The highest BCUT2D eigenvalue weighted by molar-refractivity contribution is 6.05. The van der Waals surface area contributed by atoms with E-state index < -0.39 is 0 Å². The number of fused-ring (bicyclic) bond motifs is 3. The lowest BCUT2D eigenvalue weighted by atomic mass is 9.95. The van der Waals surface area contributed by atoms with Gasteiger partial charge in [-0.25, -0.2) is 9.97 Å². The van der Waals surface area contributed by atoms with Crippen LogP contribution in [0.25, 0.3) is 22.1 Å². The summed E-state index contributed by atoms with van der Waals surface area (Å²) < 4.78 is 16.8. The Morgan fingerprint density at radius 2 is 1.94 bits per heavy atom. The van der Waals surface area contributed by atoms with Gasteiger partial charge in [0.1, 0.15) is 28.9 Å². The van der Waals surface area contributed by atoms with Crippen molar-refractivity contribution in [3.8, 4) is 11.5 Å². The highest BCUT2D eigenvalue weighted by atomic mass is 16.5. The molecule has 0 unspecified atom stereocenters. The smallest absolute Gasteiger partial charge is 0.223 e. The summed E-state index contributed by atoms with van der Waals surface area (Å²) in [6.07, 6.45) is 3.07. The Balaban J connectivity index is 1.25. The lowest BCUT2D eigenvalue weighted by Gasteiger charge is -2.32. The number of rotatable bonds is 6. The van der Waals surface area contributed by atoms with E-state index in [2.05, 4.69) is 20.2 Å². The van der Waals surface area contributed by atoms with Crippen LogP contribution in [0.1, 0.15) is 18.4 Å². The number of methoxy groups -OCH3 is 2. The van der Waals surface area contributed by atoms with Crippen molar-refractivity contribution in [1.82, 2.24) is 15.3 Å². The molecule has 1 N–H and O–H groups in total. The van der Waals surface area contributed by atoms with Crippen LogP contribution in [0.2, 0.25) is 0 Å². The summed E-state index contributed by atoms with van der Waals surface area (Å²) in [7, 11) is 3.24. The molecular weight excluding hydrogens is 420 g/mol. The molecule has 3 heterocycles. The van der Waals surface area contributed by atoms with Gasteiger partial charge in [-0.05, 0) is 43.2 Å². The van der Waals surface area contributed by atoms with E-state index in [4.69, 9.17) is 13.9 Å². The van der Waals surface area contributed by atoms with Gasteiger partial charge in [0, 0.05) is 36.5 Å². The van der Waals surface area contributed by atoms with Gasteiger partial charge >= 0.3 is 0 Å². The van der Waals surface area contributed by atoms with Crippen molar-refractivity contribution in [3.05, 3.63) is 54.4 Å². The summed E-state index contributed by atoms with van der Waals surface area (Å²) >= 11 is 0. The molecule has 170 valence electrons. The molecule has 0 aliphatic carbocycles. The number of benzene rings is 2. The topological polar surface area (TPSA) is 89.7 Å². The number of carbonyl (C=O) groups is 1. The third-order valence-electron chi connectivity index (χ3n) is 6.25. The number of nitrogens with one attached hydrogen (secondary N) is 1. The lowest BCUT2D eigenvalue weighted by molar-refractivity contribution is -0.125. The molecular formula is C25H26N4O4. The highest BCUT2D eigenvalue weighted by Gasteiger charge is 2.27. The number of carbonyl (C=O) groups excluding carboxylic acids is 1. The fourth-order valence-electron chi connectivity index (χ4n) is 4.44. The van der Waals surface area contributed by atoms with Gasteiger partial charge in [0.15, 0.2) is 11.4 Å². The number of piperidine rings is 1. The van der Waals surface area contributed by atoms with Crippen LogP contribution in [0.3, 0.4) is 0 Å². The molecule has 2 aromatic carbocycles. The summed E-state index contributed by atoms with van der Waals surface area (Å²) in [5, 5.41) is 4.04. The number of nitrogens with zero attached hydrogens (tertiary/aromatic N) is 3. The van der Waals surface area contributed by atoms with E-state index in [0.29, 0.717) is 12.1 Å². The van der Waals surface area contributed by atoms with Gasteiger partial charge in [-0.2, -0.15) is 0 Å². The van der Waals surface area contributed by atoms with E-state index in [1.54, 1.807) is 20.5 Å². The summed E-state index contributed by atoms with van der Waals surface area (Å²) in [6.45, 7) is 1.85. The average molecular weight is 447 g/mol. The van der Waals surface area contributed by atoms with E-state index >= 15 is 0 Å². The SMILES string of the molecule is COc1ccc(OC)c(CNC(=O)C2CCN(c3ncnc4c3oc3ccccc34)CC2)c1. The van der Waals surface area contributed by atoms with E-state index in [-0.39, 0.29) is 11.8 Å². The maximum Gasteiger partial charge on any atom is 0.223 e. The largest absolute Gasteiger partial charge is 0.497 e. The Morgan fingerprint density at radius 3 is 2.73 bits per heavy atom. The molecule has 4 aromatic rings. The van der Waals surface area contributed by atoms with Crippen molar-refractivity contribution < 1.29 is 18.7 Å². The van der Waals surface area contributed by atoms with Gasteiger partial charge < -0.3 is 24.1 Å². The Hall–Kier alpha value is -3.81. The first-order valence-corrected chi connectivity index (χ1v) is 11.0. The molecule has 2 aromatic heterocycles. The van der Waals surface area contributed by atoms with Gasteiger partial charge in [-0.1, -0.05) is 12.1 Å². The second-order valence-corrected chi connectivity index (χ2v) is 8.13. The molecule has 0 radical (unpaired) electrons. The minimum absolute atomic E-state index is 0.0501. The molecule has 0 saturated carbocycles. The monoisotopic (exact) mass is 446 g/mol. The first-order chi connectivity index (χ1) is 16.2. The number of furan rings is 1. The van der Waals surface area contributed by atoms with Crippen LogP contribution in [-0.4, -0.2) is 43.2 Å². The molecule has 1 fully saturated rings. The van der Waals surface area contributed by atoms with Crippen LogP contribution >= 0.6 is 0 Å². The molecule has 1 aliphatic heterocycles. The first-order valence-electron chi connectivity index (χ1n) is 11.0. The molecule has 0 bridgehead atoms. The molecule has 8 nitrogen and oxygen atoms in total. The fraction of sp³-hybridized carbons (Fsp3) is 0.320. The molecule has 33 heavy (non-hydrogen) atoms. The van der Waals surface area contributed by atoms with Crippen molar-refractivity contribution in [1.29, 1.82) is 0 Å². The maximum atomic E-state index is 12.9. The van der Waals surface area contributed by atoms with Crippen LogP contribution in [0, 0.1) is 5.92 Å². The average Bonchev–Trinajstić information content (AvgIpc) is 3.26. The van der Waals surface area contributed by atoms with Crippen molar-refractivity contribution in [2.75, 3.05) is 32.2 Å². The van der Waals surface area contributed by atoms with Crippen LogP contribution in [0.4, 0.5) is 5.82 Å². The second-order valence-electron chi connectivity index (χ2n) is 8.13. The molecule has 1 saturated heterocycles. The van der Waals surface area contributed by atoms with Crippen LogP contribution in [-0.2, 0) is 11.3 Å². The zero-order valence-electron chi connectivity index (χ0n) is 18.7. The molecule has 1 aliphatic rings. The van der Waals surface area contributed by atoms with Gasteiger partial charge in [-0.15, -0.1) is 0 Å².